The lowest BCUT2D eigenvalue weighted by molar-refractivity contribution is 0.301. The predicted octanol–water partition coefficient (Wildman–Crippen LogP) is 7.45. The molecule has 1 heterocycles. The number of para-hydroxylation sites is 3. The first-order valence-electron chi connectivity index (χ1n) is 10.9. The van der Waals surface area contributed by atoms with E-state index < -0.39 is 0 Å². The Bertz CT molecular complexity index is 1210. The number of allylic oxidation sites excluding steroid dienone is 1. The second-order valence-electron chi connectivity index (χ2n) is 7.65. The van der Waals surface area contributed by atoms with Crippen LogP contribution in [0.3, 0.4) is 0 Å². The molecule has 0 radical (unpaired) electrons. The molecule has 4 heteroatoms. The number of halogens is 1. The van der Waals surface area contributed by atoms with Gasteiger partial charge in [-0.05, 0) is 66.8 Å². The lowest BCUT2D eigenvalue weighted by atomic mass is 10.1. The third-order valence-corrected chi connectivity index (χ3v) is 5.60. The minimum absolute atomic E-state index is 0.691. The Hall–Kier alpha value is -3.30. The van der Waals surface area contributed by atoms with Gasteiger partial charge in [0, 0.05) is 11.6 Å². The summed E-state index contributed by atoms with van der Waals surface area (Å²) < 4.78 is 8.33. The van der Waals surface area contributed by atoms with Crippen LogP contribution in [-0.4, -0.2) is 16.2 Å². The van der Waals surface area contributed by atoms with Crippen molar-refractivity contribution in [1.29, 1.82) is 0 Å². The van der Waals surface area contributed by atoms with Gasteiger partial charge >= 0.3 is 0 Å². The van der Waals surface area contributed by atoms with Crippen molar-refractivity contribution in [3.63, 3.8) is 0 Å². The van der Waals surface area contributed by atoms with E-state index in [0.717, 1.165) is 59.0 Å². The summed E-state index contributed by atoms with van der Waals surface area (Å²) in [5.74, 6) is 1.91. The van der Waals surface area contributed by atoms with E-state index in [-0.39, 0.29) is 0 Å². The molecule has 0 spiro atoms. The fourth-order valence-electron chi connectivity index (χ4n) is 3.72. The molecule has 4 rings (SSSR count). The minimum Gasteiger partial charge on any atom is -0.493 e. The van der Waals surface area contributed by atoms with Crippen molar-refractivity contribution >= 4 is 34.8 Å². The largest absolute Gasteiger partial charge is 0.493 e. The number of benzene rings is 3. The van der Waals surface area contributed by atoms with Gasteiger partial charge in [-0.1, -0.05) is 66.2 Å². The number of rotatable bonds is 10. The van der Waals surface area contributed by atoms with Gasteiger partial charge in [-0.3, -0.25) is 0 Å². The van der Waals surface area contributed by atoms with Crippen molar-refractivity contribution in [3.8, 4) is 5.75 Å². The number of nitrogens with zero attached hydrogens (tertiary/aromatic N) is 2. The highest BCUT2D eigenvalue weighted by Gasteiger charge is 2.08. The van der Waals surface area contributed by atoms with Crippen molar-refractivity contribution < 1.29 is 4.74 Å². The molecule has 0 bridgehead atoms. The first kappa shape index (κ1) is 21.9. The van der Waals surface area contributed by atoms with E-state index in [1.807, 2.05) is 54.6 Å². The summed E-state index contributed by atoms with van der Waals surface area (Å²) >= 11 is 6.00. The third-order valence-electron chi connectivity index (χ3n) is 5.35. The molecular formula is C28H27ClN2O. The van der Waals surface area contributed by atoms with E-state index in [0.29, 0.717) is 6.61 Å². The molecular weight excluding hydrogens is 416 g/mol. The average Bonchev–Trinajstić information content (AvgIpc) is 3.17. The van der Waals surface area contributed by atoms with Gasteiger partial charge in [-0.2, -0.15) is 0 Å². The standard InChI is InChI=1S/C28H27ClN2O/c1-2-9-23-10-3-6-13-27(23)32-21-8-7-20-31-26-12-5-4-11-25(26)30-28(31)19-16-22-14-17-24(29)18-15-22/h2-6,10-19H,1,7-9,20-21H2/b19-16+. The Morgan fingerprint density at radius 2 is 1.69 bits per heavy atom. The van der Waals surface area contributed by atoms with Crippen LogP contribution in [0, 0.1) is 0 Å². The Labute approximate surface area is 194 Å². The average molecular weight is 443 g/mol. The fourth-order valence-corrected chi connectivity index (χ4v) is 3.85. The molecule has 1 aromatic heterocycles. The van der Waals surface area contributed by atoms with Crippen LogP contribution in [0.1, 0.15) is 29.8 Å². The maximum atomic E-state index is 6.04. The lowest BCUT2D eigenvalue weighted by Gasteiger charge is -2.11. The number of aromatic nitrogens is 2. The van der Waals surface area contributed by atoms with Gasteiger partial charge in [0.05, 0.1) is 17.6 Å². The number of unbranched alkanes of at least 4 members (excludes halogenated alkanes) is 1. The zero-order chi connectivity index (χ0) is 22.2. The van der Waals surface area contributed by atoms with Gasteiger partial charge in [0.15, 0.2) is 0 Å². The van der Waals surface area contributed by atoms with Crippen molar-refractivity contribution in [2.45, 2.75) is 25.8 Å². The molecule has 0 fully saturated rings. The van der Waals surface area contributed by atoms with Crippen LogP contribution in [0.25, 0.3) is 23.2 Å². The second-order valence-corrected chi connectivity index (χ2v) is 8.09. The summed E-state index contributed by atoms with van der Waals surface area (Å²) in [6.45, 7) is 5.41. The third kappa shape index (κ3) is 5.49. The van der Waals surface area contributed by atoms with Crippen molar-refractivity contribution in [2.24, 2.45) is 0 Å². The maximum absolute atomic E-state index is 6.04. The molecule has 0 saturated heterocycles. The van der Waals surface area contributed by atoms with Crippen LogP contribution in [0.15, 0.2) is 85.5 Å². The fraction of sp³-hybridized carbons (Fsp3) is 0.179. The smallest absolute Gasteiger partial charge is 0.133 e. The Morgan fingerprint density at radius 3 is 2.53 bits per heavy atom. The molecule has 162 valence electrons. The highest BCUT2D eigenvalue weighted by molar-refractivity contribution is 6.30. The zero-order valence-corrected chi connectivity index (χ0v) is 18.8. The first-order chi connectivity index (χ1) is 15.7. The van der Waals surface area contributed by atoms with E-state index in [4.69, 9.17) is 21.3 Å². The van der Waals surface area contributed by atoms with Gasteiger partial charge in [0.25, 0.3) is 0 Å². The highest BCUT2D eigenvalue weighted by Crippen LogP contribution is 2.21. The van der Waals surface area contributed by atoms with Crippen molar-refractivity contribution in [2.75, 3.05) is 6.61 Å². The summed E-state index contributed by atoms with van der Waals surface area (Å²) in [6.07, 6.45) is 8.85. The Morgan fingerprint density at radius 1 is 0.906 bits per heavy atom. The van der Waals surface area contributed by atoms with Crippen LogP contribution in [0.2, 0.25) is 5.02 Å². The van der Waals surface area contributed by atoms with E-state index in [1.165, 1.54) is 5.56 Å². The lowest BCUT2D eigenvalue weighted by Crippen LogP contribution is -2.04. The molecule has 0 aliphatic heterocycles. The summed E-state index contributed by atoms with van der Waals surface area (Å²) in [6, 6.07) is 24.3. The first-order valence-corrected chi connectivity index (χ1v) is 11.3. The molecule has 3 aromatic carbocycles. The topological polar surface area (TPSA) is 27.1 Å². The maximum Gasteiger partial charge on any atom is 0.133 e. The van der Waals surface area contributed by atoms with Crippen LogP contribution in [0.5, 0.6) is 5.75 Å². The van der Waals surface area contributed by atoms with E-state index in [9.17, 15) is 0 Å². The normalized spacial score (nSPS) is 11.3. The van der Waals surface area contributed by atoms with Gasteiger partial charge in [-0.25, -0.2) is 4.98 Å². The van der Waals surface area contributed by atoms with Gasteiger partial charge in [0.2, 0.25) is 0 Å². The Balaban J connectivity index is 1.41. The molecule has 0 aliphatic rings. The van der Waals surface area contributed by atoms with Gasteiger partial charge in [-0.15, -0.1) is 6.58 Å². The number of imidazole rings is 1. The SMILES string of the molecule is C=CCc1ccccc1OCCCCn1c(/C=C/c2ccc(Cl)cc2)nc2ccccc21. The van der Waals surface area contributed by atoms with Crippen molar-refractivity contribution in [1.82, 2.24) is 9.55 Å². The molecule has 3 nitrogen and oxygen atoms in total. The monoisotopic (exact) mass is 442 g/mol. The quantitative estimate of drug-likeness (QED) is 0.188. The van der Waals surface area contributed by atoms with Crippen LogP contribution in [0.4, 0.5) is 0 Å². The summed E-state index contributed by atoms with van der Waals surface area (Å²) in [4.78, 5) is 4.83. The molecule has 32 heavy (non-hydrogen) atoms. The van der Waals surface area contributed by atoms with Crippen LogP contribution < -0.4 is 4.74 Å². The minimum atomic E-state index is 0.691. The van der Waals surface area contributed by atoms with Crippen LogP contribution in [-0.2, 0) is 13.0 Å². The summed E-state index contributed by atoms with van der Waals surface area (Å²) in [7, 11) is 0. The van der Waals surface area contributed by atoms with E-state index >= 15 is 0 Å². The summed E-state index contributed by atoms with van der Waals surface area (Å²) in [5.41, 5.74) is 4.44. The number of hydrogen-bond donors (Lipinski definition) is 0. The zero-order valence-electron chi connectivity index (χ0n) is 18.1. The second kappa shape index (κ2) is 10.8. The number of hydrogen-bond acceptors (Lipinski definition) is 2. The predicted molar refractivity (Wildman–Crippen MR) is 135 cm³/mol. The summed E-state index contributed by atoms with van der Waals surface area (Å²) in [5, 5.41) is 0.740. The van der Waals surface area contributed by atoms with Gasteiger partial charge in [0.1, 0.15) is 11.6 Å². The molecule has 0 unspecified atom stereocenters. The van der Waals surface area contributed by atoms with E-state index in [2.05, 4.69) is 47.6 Å². The number of aryl methyl sites for hydroxylation is 1. The Kier molecular flexibility index (Phi) is 7.42. The van der Waals surface area contributed by atoms with E-state index in [1.54, 1.807) is 0 Å². The molecule has 0 N–H and O–H groups in total. The van der Waals surface area contributed by atoms with Crippen LogP contribution >= 0.6 is 11.6 Å². The molecule has 0 atom stereocenters. The molecule has 0 saturated carbocycles. The number of ether oxygens (including phenoxy) is 1. The molecule has 0 aliphatic carbocycles. The van der Waals surface area contributed by atoms with Gasteiger partial charge < -0.3 is 9.30 Å². The van der Waals surface area contributed by atoms with Crippen molar-refractivity contribution in [3.05, 3.63) is 107 Å². The molecule has 0 amide bonds. The number of fused-ring (bicyclic) bond motifs is 1. The molecule has 4 aromatic rings. The highest BCUT2D eigenvalue weighted by atomic mass is 35.5.